The van der Waals surface area contributed by atoms with Crippen LogP contribution in [0.1, 0.15) is 27.9 Å². The van der Waals surface area contributed by atoms with Gasteiger partial charge in [0.05, 0.1) is 18.6 Å². The number of hydrogen-bond donors (Lipinski definition) is 2. The molecule has 140 valence electrons. The summed E-state index contributed by atoms with van der Waals surface area (Å²) in [6.07, 6.45) is 0.409. The number of rotatable bonds is 4. The number of fused-ring (bicyclic) bond motifs is 1. The molecule has 7 heteroatoms. The van der Waals surface area contributed by atoms with Gasteiger partial charge in [-0.3, -0.25) is 14.4 Å². The Hall–Kier alpha value is -2.41. The lowest BCUT2D eigenvalue weighted by atomic mass is 9.74. The lowest BCUT2D eigenvalue weighted by Crippen LogP contribution is -2.45. The van der Waals surface area contributed by atoms with Crippen LogP contribution in [0.25, 0.3) is 0 Å². The van der Waals surface area contributed by atoms with E-state index >= 15 is 0 Å². The fourth-order valence-electron chi connectivity index (χ4n) is 3.74. The Morgan fingerprint density at radius 2 is 2.08 bits per heavy atom. The van der Waals surface area contributed by atoms with Crippen molar-refractivity contribution in [2.45, 2.75) is 20.3 Å². The zero-order valence-corrected chi connectivity index (χ0v) is 15.1. The number of nitrogens with zero attached hydrogens (tertiary/aromatic N) is 1. The molecule has 1 aromatic rings. The Balaban J connectivity index is 1.61. The first kappa shape index (κ1) is 18.4. The Morgan fingerprint density at radius 3 is 2.73 bits per heavy atom. The molecule has 0 saturated carbocycles. The predicted octanol–water partition coefficient (Wildman–Crippen LogP) is 0.983. The molecule has 0 unspecified atom stereocenters. The SMILES string of the molecule is Cc1ccc(C(=O)NCC(=O)N2C[C@H]3COCC[C@@]3(C(=O)O)C2)cc1C. The minimum absolute atomic E-state index is 0.144. The number of ether oxygens (including phenoxy) is 1. The Bertz CT molecular complexity index is 747. The van der Waals surface area contributed by atoms with Gasteiger partial charge in [-0.1, -0.05) is 6.07 Å². The molecule has 2 aliphatic heterocycles. The van der Waals surface area contributed by atoms with Crippen molar-refractivity contribution in [3.63, 3.8) is 0 Å². The molecule has 0 spiro atoms. The van der Waals surface area contributed by atoms with Gasteiger partial charge in [0.25, 0.3) is 5.91 Å². The number of carboxylic acid groups (broad SMARTS) is 1. The number of likely N-dealkylation sites (tertiary alicyclic amines) is 1. The van der Waals surface area contributed by atoms with Crippen molar-refractivity contribution in [1.82, 2.24) is 10.2 Å². The quantitative estimate of drug-likeness (QED) is 0.835. The molecule has 2 atom stereocenters. The lowest BCUT2D eigenvalue weighted by molar-refractivity contribution is -0.157. The molecule has 0 radical (unpaired) electrons. The molecule has 2 amide bonds. The van der Waals surface area contributed by atoms with Gasteiger partial charge < -0.3 is 20.1 Å². The molecule has 2 saturated heterocycles. The van der Waals surface area contributed by atoms with Gasteiger partial charge in [-0.15, -0.1) is 0 Å². The monoisotopic (exact) mass is 360 g/mol. The van der Waals surface area contributed by atoms with Crippen molar-refractivity contribution in [3.05, 3.63) is 34.9 Å². The van der Waals surface area contributed by atoms with Crippen LogP contribution in [-0.2, 0) is 14.3 Å². The van der Waals surface area contributed by atoms with Crippen molar-refractivity contribution in [3.8, 4) is 0 Å². The van der Waals surface area contributed by atoms with Crippen molar-refractivity contribution >= 4 is 17.8 Å². The number of hydrogen-bond acceptors (Lipinski definition) is 4. The summed E-state index contributed by atoms with van der Waals surface area (Å²) in [6.45, 7) is 5.03. The summed E-state index contributed by atoms with van der Waals surface area (Å²) >= 11 is 0. The zero-order valence-electron chi connectivity index (χ0n) is 15.1. The van der Waals surface area contributed by atoms with Gasteiger partial charge >= 0.3 is 5.97 Å². The highest BCUT2D eigenvalue weighted by Gasteiger charge is 2.54. The van der Waals surface area contributed by atoms with Gasteiger partial charge in [0, 0.05) is 31.2 Å². The number of carbonyl (C=O) groups excluding carboxylic acids is 2. The maximum atomic E-state index is 12.5. The fraction of sp³-hybridized carbons (Fsp3) is 0.526. The van der Waals surface area contributed by atoms with Crippen molar-refractivity contribution in [2.75, 3.05) is 32.8 Å². The molecule has 0 aromatic heterocycles. The van der Waals surface area contributed by atoms with Gasteiger partial charge in [-0.25, -0.2) is 0 Å². The van der Waals surface area contributed by atoms with E-state index in [9.17, 15) is 19.5 Å². The highest BCUT2D eigenvalue weighted by Crippen LogP contribution is 2.42. The minimum atomic E-state index is -0.925. The normalized spacial score (nSPS) is 24.8. The molecule has 1 aromatic carbocycles. The molecular weight excluding hydrogens is 336 g/mol. The first-order valence-corrected chi connectivity index (χ1v) is 8.78. The third kappa shape index (κ3) is 3.31. The highest BCUT2D eigenvalue weighted by molar-refractivity contribution is 5.96. The molecule has 0 aliphatic carbocycles. The summed E-state index contributed by atoms with van der Waals surface area (Å²) in [5.74, 6) is -1.65. The van der Waals surface area contributed by atoms with E-state index in [2.05, 4.69) is 5.32 Å². The topological polar surface area (TPSA) is 95.9 Å². The fourth-order valence-corrected chi connectivity index (χ4v) is 3.74. The largest absolute Gasteiger partial charge is 0.481 e. The number of nitrogens with one attached hydrogen (secondary N) is 1. The van der Waals surface area contributed by atoms with Crippen molar-refractivity contribution in [2.24, 2.45) is 11.3 Å². The molecule has 26 heavy (non-hydrogen) atoms. The van der Waals surface area contributed by atoms with E-state index in [-0.39, 0.29) is 30.8 Å². The number of carboxylic acids is 1. The minimum Gasteiger partial charge on any atom is -0.481 e. The standard InChI is InChI=1S/C19H24N2O5/c1-12-3-4-14(7-13(12)2)17(23)20-8-16(22)21-9-15-10-26-6-5-19(15,11-21)18(24)25/h3-4,7,15H,5-6,8-11H2,1-2H3,(H,20,23)(H,24,25)/t15-,19+/m0/s1. The molecule has 2 N–H and O–H groups in total. The van der Waals surface area contributed by atoms with E-state index in [4.69, 9.17) is 4.74 Å². The van der Waals surface area contributed by atoms with E-state index in [1.54, 1.807) is 12.1 Å². The second-order valence-electron chi connectivity index (χ2n) is 7.24. The summed E-state index contributed by atoms with van der Waals surface area (Å²) in [6, 6.07) is 5.38. The molecule has 3 rings (SSSR count). The van der Waals surface area contributed by atoms with Crippen LogP contribution in [0, 0.1) is 25.2 Å². The van der Waals surface area contributed by atoms with Crippen LogP contribution in [0.4, 0.5) is 0 Å². The predicted molar refractivity (Wildman–Crippen MR) is 93.8 cm³/mol. The van der Waals surface area contributed by atoms with E-state index < -0.39 is 11.4 Å². The maximum Gasteiger partial charge on any atom is 0.311 e. The summed E-state index contributed by atoms with van der Waals surface area (Å²) in [5.41, 5.74) is 1.69. The number of amides is 2. The Labute approximate surface area is 152 Å². The van der Waals surface area contributed by atoms with E-state index in [1.165, 1.54) is 4.90 Å². The Kier molecular flexibility index (Phi) is 5.00. The van der Waals surface area contributed by atoms with Crippen LogP contribution in [0.15, 0.2) is 18.2 Å². The second-order valence-corrected chi connectivity index (χ2v) is 7.24. The average Bonchev–Trinajstić information content (AvgIpc) is 3.03. The van der Waals surface area contributed by atoms with Crippen LogP contribution >= 0.6 is 0 Å². The molecule has 0 bridgehead atoms. The van der Waals surface area contributed by atoms with Gasteiger partial charge in [0.2, 0.25) is 5.91 Å². The zero-order chi connectivity index (χ0) is 18.9. The summed E-state index contributed by atoms with van der Waals surface area (Å²) < 4.78 is 5.39. The van der Waals surface area contributed by atoms with Crippen molar-refractivity contribution < 1.29 is 24.2 Å². The average molecular weight is 360 g/mol. The molecule has 7 nitrogen and oxygen atoms in total. The molecule has 2 aliphatic rings. The first-order valence-electron chi connectivity index (χ1n) is 8.78. The third-order valence-corrected chi connectivity index (χ3v) is 5.65. The van der Waals surface area contributed by atoms with Crippen LogP contribution in [0.3, 0.4) is 0 Å². The van der Waals surface area contributed by atoms with Gasteiger partial charge in [0.15, 0.2) is 0 Å². The van der Waals surface area contributed by atoms with Crippen LogP contribution in [0.5, 0.6) is 0 Å². The number of benzene rings is 1. The molecular formula is C19H24N2O5. The number of carbonyl (C=O) groups is 3. The summed E-state index contributed by atoms with van der Waals surface area (Å²) in [7, 11) is 0. The number of aryl methyl sites for hydroxylation is 2. The van der Waals surface area contributed by atoms with E-state index in [1.807, 2.05) is 19.9 Å². The Morgan fingerprint density at radius 1 is 1.31 bits per heavy atom. The van der Waals surface area contributed by atoms with Gasteiger partial charge in [-0.2, -0.15) is 0 Å². The van der Waals surface area contributed by atoms with Crippen molar-refractivity contribution in [1.29, 1.82) is 0 Å². The molecule has 2 fully saturated rings. The lowest BCUT2D eigenvalue weighted by Gasteiger charge is -2.33. The van der Waals surface area contributed by atoms with Crippen LogP contribution in [-0.4, -0.2) is 60.6 Å². The van der Waals surface area contributed by atoms with Crippen LogP contribution < -0.4 is 5.32 Å². The number of aliphatic carboxylic acids is 1. The van der Waals surface area contributed by atoms with Crippen LogP contribution in [0.2, 0.25) is 0 Å². The van der Waals surface area contributed by atoms with Gasteiger partial charge in [-0.05, 0) is 43.5 Å². The summed E-state index contributed by atoms with van der Waals surface area (Å²) in [5, 5.41) is 12.3. The molecule has 2 heterocycles. The first-order chi connectivity index (χ1) is 12.3. The third-order valence-electron chi connectivity index (χ3n) is 5.65. The van der Waals surface area contributed by atoms with E-state index in [0.29, 0.717) is 31.7 Å². The summed E-state index contributed by atoms with van der Waals surface area (Å²) in [4.78, 5) is 38.1. The maximum absolute atomic E-state index is 12.5. The van der Waals surface area contributed by atoms with E-state index in [0.717, 1.165) is 11.1 Å². The van der Waals surface area contributed by atoms with Gasteiger partial charge in [0.1, 0.15) is 0 Å². The highest BCUT2D eigenvalue weighted by atomic mass is 16.5. The second kappa shape index (κ2) is 7.07. The smallest absolute Gasteiger partial charge is 0.311 e.